The third-order valence-electron chi connectivity index (χ3n) is 4.75. The molecule has 1 atom stereocenters. The van der Waals surface area contributed by atoms with Gasteiger partial charge in [-0.3, -0.25) is 14.3 Å². The average molecular weight is 321 g/mol. The molecule has 1 aliphatic heterocycles. The predicted octanol–water partition coefficient (Wildman–Crippen LogP) is 2.96. The van der Waals surface area contributed by atoms with Crippen LogP contribution in [0.25, 0.3) is 0 Å². The normalized spacial score (nSPS) is 18.4. The smallest absolute Gasteiger partial charge is 0.303 e. The monoisotopic (exact) mass is 321 g/mol. The van der Waals surface area contributed by atoms with Crippen molar-refractivity contribution in [3.05, 3.63) is 18.0 Å². The SMILES string of the molecule is CCC(CC)n1nccc1C(=O)N1CCCC(CCC(=O)O)C1. The first kappa shape index (κ1) is 17.5. The highest BCUT2D eigenvalue weighted by Crippen LogP contribution is 2.24. The Morgan fingerprint density at radius 3 is 2.78 bits per heavy atom. The van der Waals surface area contributed by atoms with Gasteiger partial charge in [-0.05, 0) is 44.1 Å². The fourth-order valence-electron chi connectivity index (χ4n) is 3.38. The van der Waals surface area contributed by atoms with E-state index in [4.69, 9.17) is 5.11 Å². The van der Waals surface area contributed by atoms with Gasteiger partial charge in [0, 0.05) is 25.7 Å². The summed E-state index contributed by atoms with van der Waals surface area (Å²) in [6.07, 6.45) is 6.35. The van der Waals surface area contributed by atoms with Crippen LogP contribution in [0.15, 0.2) is 12.3 Å². The van der Waals surface area contributed by atoms with Crippen molar-refractivity contribution in [3.63, 3.8) is 0 Å². The molecule has 1 fully saturated rings. The maximum atomic E-state index is 12.9. The van der Waals surface area contributed by atoms with Gasteiger partial charge in [-0.25, -0.2) is 0 Å². The summed E-state index contributed by atoms with van der Waals surface area (Å²) in [4.78, 5) is 25.5. The zero-order valence-electron chi connectivity index (χ0n) is 14.1. The average Bonchev–Trinajstić information content (AvgIpc) is 3.03. The molecule has 6 heteroatoms. The number of piperidine rings is 1. The molecule has 1 aliphatic rings. The van der Waals surface area contributed by atoms with E-state index in [9.17, 15) is 9.59 Å². The summed E-state index contributed by atoms with van der Waals surface area (Å²) in [5.74, 6) is -0.456. The Hall–Kier alpha value is -1.85. The van der Waals surface area contributed by atoms with E-state index in [-0.39, 0.29) is 24.3 Å². The van der Waals surface area contributed by atoms with Crippen molar-refractivity contribution in [1.29, 1.82) is 0 Å². The molecule has 0 bridgehead atoms. The van der Waals surface area contributed by atoms with Crippen LogP contribution in [0.1, 0.15) is 68.9 Å². The van der Waals surface area contributed by atoms with Crippen LogP contribution in [0.4, 0.5) is 0 Å². The van der Waals surface area contributed by atoms with Gasteiger partial charge in [-0.15, -0.1) is 0 Å². The summed E-state index contributed by atoms with van der Waals surface area (Å²) in [5, 5.41) is 13.2. The molecule has 6 nitrogen and oxygen atoms in total. The zero-order valence-corrected chi connectivity index (χ0v) is 14.1. The summed E-state index contributed by atoms with van der Waals surface area (Å²) in [5.41, 5.74) is 0.651. The molecule has 0 spiro atoms. The standard InChI is InChI=1S/C17H27N3O3/c1-3-14(4-2)20-15(9-10-18-20)17(23)19-11-5-6-13(12-19)7-8-16(21)22/h9-10,13-14H,3-8,11-12H2,1-2H3,(H,21,22). The first-order valence-corrected chi connectivity index (χ1v) is 8.61. The van der Waals surface area contributed by atoms with Crippen molar-refractivity contribution in [1.82, 2.24) is 14.7 Å². The van der Waals surface area contributed by atoms with Crippen LogP contribution in [-0.4, -0.2) is 44.8 Å². The quantitative estimate of drug-likeness (QED) is 0.837. The van der Waals surface area contributed by atoms with Gasteiger partial charge in [0.25, 0.3) is 5.91 Å². The van der Waals surface area contributed by atoms with Gasteiger partial charge in [0.1, 0.15) is 5.69 Å². The van der Waals surface area contributed by atoms with Crippen molar-refractivity contribution >= 4 is 11.9 Å². The van der Waals surface area contributed by atoms with Gasteiger partial charge < -0.3 is 10.0 Å². The molecule has 2 heterocycles. The lowest BCUT2D eigenvalue weighted by atomic mass is 9.93. The highest BCUT2D eigenvalue weighted by Gasteiger charge is 2.27. The molecule has 1 unspecified atom stereocenters. The number of carbonyl (C=O) groups is 2. The van der Waals surface area contributed by atoms with E-state index < -0.39 is 5.97 Å². The van der Waals surface area contributed by atoms with Gasteiger partial charge in [0.05, 0.1) is 6.04 Å². The number of carboxylic acid groups (broad SMARTS) is 1. The van der Waals surface area contributed by atoms with Crippen LogP contribution in [0, 0.1) is 5.92 Å². The molecule has 1 amide bonds. The van der Waals surface area contributed by atoms with E-state index in [0.717, 1.165) is 32.2 Å². The minimum atomic E-state index is -0.764. The minimum Gasteiger partial charge on any atom is -0.481 e. The van der Waals surface area contributed by atoms with E-state index >= 15 is 0 Å². The molecule has 2 rings (SSSR count). The Morgan fingerprint density at radius 1 is 1.39 bits per heavy atom. The Labute approximate surface area is 137 Å². The molecule has 1 N–H and O–H groups in total. The Kier molecular flexibility index (Phi) is 6.19. The van der Waals surface area contributed by atoms with Gasteiger partial charge in [-0.1, -0.05) is 13.8 Å². The van der Waals surface area contributed by atoms with Gasteiger partial charge >= 0.3 is 5.97 Å². The van der Waals surface area contributed by atoms with Crippen molar-refractivity contribution in [2.24, 2.45) is 5.92 Å². The fraction of sp³-hybridized carbons (Fsp3) is 0.706. The summed E-state index contributed by atoms with van der Waals surface area (Å²) in [6, 6.07) is 2.04. The third kappa shape index (κ3) is 4.33. The highest BCUT2D eigenvalue weighted by atomic mass is 16.4. The molecule has 1 aromatic rings. The van der Waals surface area contributed by atoms with Crippen molar-refractivity contribution in [3.8, 4) is 0 Å². The first-order valence-electron chi connectivity index (χ1n) is 8.61. The first-order chi connectivity index (χ1) is 11.1. The second-order valence-electron chi connectivity index (χ2n) is 6.32. The highest BCUT2D eigenvalue weighted by molar-refractivity contribution is 5.92. The number of aliphatic carboxylic acids is 1. The molecule has 23 heavy (non-hydrogen) atoms. The maximum Gasteiger partial charge on any atom is 0.303 e. The number of hydrogen-bond acceptors (Lipinski definition) is 3. The van der Waals surface area contributed by atoms with E-state index in [1.807, 2.05) is 9.58 Å². The Morgan fingerprint density at radius 2 is 2.13 bits per heavy atom. The summed E-state index contributed by atoms with van der Waals surface area (Å²) in [7, 11) is 0. The van der Waals surface area contributed by atoms with Crippen LogP contribution in [0.2, 0.25) is 0 Å². The number of rotatable bonds is 7. The number of hydrogen-bond donors (Lipinski definition) is 1. The third-order valence-corrected chi connectivity index (χ3v) is 4.75. The lowest BCUT2D eigenvalue weighted by Gasteiger charge is -2.33. The molecule has 1 aromatic heterocycles. The number of nitrogens with zero attached hydrogens (tertiary/aromatic N) is 3. The van der Waals surface area contributed by atoms with Crippen molar-refractivity contribution in [2.45, 2.75) is 58.4 Å². The lowest BCUT2D eigenvalue weighted by molar-refractivity contribution is -0.137. The molecule has 128 valence electrons. The molecular weight excluding hydrogens is 294 g/mol. The van der Waals surface area contributed by atoms with Crippen molar-refractivity contribution < 1.29 is 14.7 Å². The molecule has 1 saturated heterocycles. The van der Waals surface area contributed by atoms with Crippen LogP contribution < -0.4 is 0 Å². The zero-order chi connectivity index (χ0) is 16.8. The van der Waals surface area contributed by atoms with Gasteiger partial charge in [-0.2, -0.15) is 5.10 Å². The van der Waals surface area contributed by atoms with Crippen LogP contribution in [0.3, 0.4) is 0 Å². The molecule has 0 saturated carbocycles. The summed E-state index contributed by atoms with van der Waals surface area (Å²) < 4.78 is 1.85. The minimum absolute atomic E-state index is 0.0226. The van der Waals surface area contributed by atoms with Crippen LogP contribution in [0.5, 0.6) is 0 Å². The predicted molar refractivity (Wildman–Crippen MR) is 87.3 cm³/mol. The Balaban J connectivity index is 2.05. The van der Waals surface area contributed by atoms with Crippen molar-refractivity contribution in [2.75, 3.05) is 13.1 Å². The summed E-state index contributed by atoms with van der Waals surface area (Å²) >= 11 is 0. The second-order valence-corrected chi connectivity index (χ2v) is 6.32. The van der Waals surface area contributed by atoms with E-state index in [1.165, 1.54) is 0 Å². The fourth-order valence-corrected chi connectivity index (χ4v) is 3.38. The number of carbonyl (C=O) groups excluding carboxylic acids is 1. The van der Waals surface area contributed by atoms with Gasteiger partial charge in [0.2, 0.25) is 0 Å². The Bertz CT molecular complexity index is 537. The number of carboxylic acids is 1. The number of amides is 1. The number of aromatic nitrogens is 2. The molecule has 0 aliphatic carbocycles. The topological polar surface area (TPSA) is 75.4 Å². The van der Waals surface area contributed by atoms with Crippen LogP contribution in [-0.2, 0) is 4.79 Å². The lowest BCUT2D eigenvalue weighted by Crippen LogP contribution is -2.41. The van der Waals surface area contributed by atoms with E-state index in [1.54, 1.807) is 12.3 Å². The number of likely N-dealkylation sites (tertiary alicyclic amines) is 1. The molecule has 0 radical (unpaired) electrons. The van der Waals surface area contributed by atoms with Gasteiger partial charge in [0.15, 0.2) is 0 Å². The van der Waals surface area contributed by atoms with Crippen LogP contribution >= 0.6 is 0 Å². The maximum absolute atomic E-state index is 12.9. The largest absolute Gasteiger partial charge is 0.481 e. The molecule has 0 aromatic carbocycles. The summed E-state index contributed by atoms with van der Waals surface area (Å²) in [6.45, 7) is 5.61. The molecular formula is C17H27N3O3. The van der Waals surface area contributed by atoms with E-state index in [0.29, 0.717) is 18.7 Å². The van der Waals surface area contributed by atoms with E-state index in [2.05, 4.69) is 18.9 Å². The second kappa shape index (κ2) is 8.13.